The van der Waals surface area contributed by atoms with E-state index < -0.39 is 17.1 Å². The van der Waals surface area contributed by atoms with Gasteiger partial charge in [0.05, 0.1) is 6.54 Å². The van der Waals surface area contributed by atoms with E-state index in [1.165, 1.54) is 29.0 Å². The van der Waals surface area contributed by atoms with Crippen molar-refractivity contribution in [2.45, 2.75) is 20.0 Å². The first-order valence-electron chi connectivity index (χ1n) is 5.97. The predicted molar refractivity (Wildman–Crippen MR) is 75.6 cm³/mol. The van der Waals surface area contributed by atoms with Crippen LogP contribution in [0.1, 0.15) is 12.5 Å². The molecule has 1 aromatic carbocycles. The fourth-order valence-electron chi connectivity index (χ4n) is 1.88. The third-order valence-electron chi connectivity index (χ3n) is 2.94. The number of hydrogen-bond donors (Lipinski definition) is 1. The van der Waals surface area contributed by atoms with Gasteiger partial charge in [0.25, 0.3) is 5.56 Å². The Morgan fingerprint density at radius 2 is 2.05 bits per heavy atom. The standard InChI is InChI=1S/C13H13ClFN3O2/c1-2-17-7-11(16)12(19)18(13(17)20)6-8-5-9(14)3-4-10(8)15/h3-5,7H,2,6,16H2,1H3. The molecule has 0 bridgehead atoms. The summed E-state index contributed by atoms with van der Waals surface area (Å²) in [5.41, 5.74) is 4.50. The minimum Gasteiger partial charge on any atom is -0.393 e. The maximum atomic E-state index is 13.7. The first-order chi connectivity index (χ1) is 9.43. The molecule has 2 rings (SSSR count). The molecule has 106 valence electrons. The van der Waals surface area contributed by atoms with E-state index in [4.69, 9.17) is 17.3 Å². The number of nitrogens with zero attached hydrogens (tertiary/aromatic N) is 2. The molecule has 0 atom stereocenters. The number of halogens is 2. The van der Waals surface area contributed by atoms with Crippen molar-refractivity contribution in [1.29, 1.82) is 0 Å². The molecule has 0 unspecified atom stereocenters. The number of nitrogen functional groups attached to an aromatic ring is 1. The molecule has 7 heteroatoms. The van der Waals surface area contributed by atoms with Gasteiger partial charge < -0.3 is 5.73 Å². The van der Waals surface area contributed by atoms with Gasteiger partial charge >= 0.3 is 5.69 Å². The summed E-state index contributed by atoms with van der Waals surface area (Å²) in [5, 5.41) is 0.328. The molecule has 5 nitrogen and oxygen atoms in total. The van der Waals surface area contributed by atoms with Crippen molar-refractivity contribution in [2.24, 2.45) is 0 Å². The molecule has 1 aromatic heterocycles. The highest BCUT2D eigenvalue weighted by atomic mass is 35.5. The Labute approximate surface area is 119 Å². The van der Waals surface area contributed by atoms with Crippen LogP contribution in [0, 0.1) is 5.82 Å². The van der Waals surface area contributed by atoms with Gasteiger partial charge in [-0.15, -0.1) is 0 Å². The van der Waals surface area contributed by atoms with Crippen LogP contribution in [0.25, 0.3) is 0 Å². The van der Waals surface area contributed by atoms with Gasteiger partial charge in [-0.3, -0.25) is 13.9 Å². The zero-order valence-electron chi connectivity index (χ0n) is 10.8. The summed E-state index contributed by atoms with van der Waals surface area (Å²) in [4.78, 5) is 24.0. The molecule has 0 saturated carbocycles. The largest absolute Gasteiger partial charge is 0.393 e. The summed E-state index contributed by atoms with van der Waals surface area (Å²) in [6.45, 7) is 1.89. The van der Waals surface area contributed by atoms with Crippen LogP contribution in [0.15, 0.2) is 34.0 Å². The van der Waals surface area contributed by atoms with Gasteiger partial charge in [0.1, 0.15) is 11.5 Å². The van der Waals surface area contributed by atoms with Gasteiger partial charge in [0, 0.05) is 23.3 Å². The van der Waals surface area contributed by atoms with Crippen LogP contribution >= 0.6 is 11.6 Å². The second-order valence-electron chi connectivity index (χ2n) is 4.28. The molecule has 0 amide bonds. The lowest BCUT2D eigenvalue weighted by molar-refractivity contribution is 0.567. The molecule has 1 heterocycles. The SMILES string of the molecule is CCn1cc(N)c(=O)n(Cc2cc(Cl)ccc2F)c1=O. The maximum Gasteiger partial charge on any atom is 0.331 e. The molecular formula is C13H13ClFN3O2. The molecule has 0 fully saturated rings. The van der Waals surface area contributed by atoms with Crippen LogP contribution in [0.2, 0.25) is 5.02 Å². The van der Waals surface area contributed by atoms with Crippen LogP contribution in [0.4, 0.5) is 10.1 Å². The van der Waals surface area contributed by atoms with Gasteiger partial charge in [0.15, 0.2) is 0 Å². The number of aryl methyl sites for hydroxylation is 1. The topological polar surface area (TPSA) is 70.0 Å². The van der Waals surface area contributed by atoms with E-state index in [1.54, 1.807) is 6.92 Å². The second-order valence-corrected chi connectivity index (χ2v) is 4.72. The molecule has 0 aliphatic rings. The van der Waals surface area contributed by atoms with Gasteiger partial charge in [0.2, 0.25) is 0 Å². The van der Waals surface area contributed by atoms with Crippen molar-refractivity contribution in [2.75, 3.05) is 5.73 Å². The number of rotatable bonds is 3. The molecule has 0 spiro atoms. The molecular weight excluding hydrogens is 285 g/mol. The molecule has 0 saturated heterocycles. The Hall–Kier alpha value is -2.08. The monoisotopic (exact) mass is 297 g/mol. The van der Waals surface area contributed by atoms with Crippen molar-refractivity contribution in [3.8, 4) is 0 Å². The van der Waals surface area contributed by atoms with E-state index >= 15 is 0 Å². The smallest absolute Gasteiger partial charge is 0.331 e. The third-order valence-corrected chi connectivity index (χ3v) is 3.18. The first kappa shape index (κ1) is 14.3. The summed E-state index contributed by atoms with van der Waals surface area (Å²) in [5.74, 6) is -0.536. The Morgan fingerprint density at radius 1 is 1.35 bits per heavy atom. The summed E-state index contributed by atoms with van der Waals surface area (Å²) >= 11 is 5.79. The number of aromatic nitrogens is 2. The summed E-state index contributed by atoms with van der Waals surface area (Å²) in [6, 6.07) is 3.96. The van der Waals surface area contributed by atoms with Crippen LogP contribution in [0.3, 0.4) is 0 Å². The molecule has 2 aromatic rings. The van der Waals surface area contributed by atoms with Crippen LogP contribution in [0.5, 0.6) is 0 Å². The van der Waals surface area contributed by atoms with Gasteiger partial charge in [-0.2, -0.15) is 0 Å². The van der Waals surface area contributed by atoms with Gasteiger partial charge in [-0.05, 0) is 25.1 Å². The predicted octanol–water partition coefficient (Wildman–Crippen LogP) is 1.45. The van der Waals surface area contributed by atoms with Crippen LogP contribution < -0.4 is 17.0 Å². The van der Waals surface area contributed by atoms with E-state index in [-0.39, 0.29) is 17.8 Å². The number of nitrogens with two attached hydrogens (primary N) is 1. The Bertz CT molecular complexity index is 767. The number of hydrogen-bond acceptors (Lipinski definition) is 3. The molecule has 0 radical (unpaired) electrons. The van der Waals surface area contributed by atoms with E-state index in [0.717, 1.165) is 4.57 Å². The summed E-state index contributed by atoms with van der Waals surface area (Å²) in [6.07, 6.45) is 1.29. The highest BCUT2D eigenvalue weighted by Crippen LogP contribution is 2.15. The van der Waals surface area contributed by atoms with Crippen molar-refractivity contribution in [1.82, 2.24) is 9.13 Å². The zero-order chi connectivity index (χ0) is 14.9. The Kier molecular flexibility index (Phi) is 3.94. The third kappa shape index (κ3) is 2.60. The lowest BCUT2D eigenvalue weighted by Crippen LogP contribution is -2.40. The molecule has 0 aliphatic heterocycles. The average molecular weight is 298 g/mol. The minimum absolute atomic E-state index is 0.0612. The van der Waals surface area contributed by atoms with Crippen molar-refractivity contribution >= 4 is 17.3 Å². The number of benzene rings is 1. The van der Waals surface area contributed by atoms with E-state index in [2.05, 4.69) is 0 Å². The lowest BCUT2D eigenvalue weighted by atomic mass is 10.2. The van der Waals surface area contributed by atoms with Crippen molar-refractivity contribution < 1.29 is 4.39 Å². The summed E-state index contributed by atoms with van der Waals surface area (Å²) in [7, 11) is 0. The summed E-state index contributed by atoms with van der Waals surface area (Å²) < 4.78 is 15.9. The van der Waals surface area contributed by atoms with E-state index in [1.807, 2.05) is 0 Å². The lowest BCUT2D eigenvalue weighted by Gasteiger charge is -2.10. The highest BCUT2D eigenvalue weighted by molar-refractivity contribution is 6.30. The zero-order valence-corrected chi connectivity index (χ0v) is 11.5. The van der Waals surface area contributed by atoms with E-state index in [9.17, 15) is 14.0 Å². The van der Waals surface area contributed by atoms with Crippen molar-refractivity contribution in [3.05, 3.63) is 61.6 Å². The highest BCUT2D eigenvalue weighted by Gasteiger charge is 2.11. The molecule has 20 heavy (non-hydrogen) atoms. The van der Waals surface area contributed by atoms with Gasteiger partial charge in [-0.1, -0.05) is 11.6 Å². The van der Waals surface area contributed by atoms with Gasteiger partial charge in [-0.25, -0.2) is 9.18 Å². The van der Waals surface area contributed by atoms with E-state index in [0.29, 0.717) is 11.6 Å². The second kappa shape index (κ2) is 5.50. The fourth-order valence-corrected chi connectivity index (χ4v) is 2.07. The fraction of sp³-hybridized carbons (Fsp3) is 0.231. The normalized spacial score (nSPS) is 10.8. The minimum atomic E-state index is -0.640. The molecule has 2 N–H and O–H groups in total. The quantitative estimate of drug-likeness (QED) is 0.932. The van der Waals surface area contributed by atoms with Crippen LogP contribution in [-0.4, -0.2) is 9.13 Å². The van der Waals surface area contributed by atoms with Crippen molar-refractivity contribution in [3.63, 3.8) is 0 Å². The first-order valence-corrected chi connectivity index (χ1v) is 6.35. The Morgan fingerprint density at radius 3 is 2.70 bits per heavy atom. The number of anilines is 1. The maximum absolute atomic E-state index is 13.7. The van der Waals surface area contributed by atoms with Crippen LogP contribution in [-0.2, 0) is 13.1 Å². The Balaban J connectivity index is 2.59. The average Bonchev–Trinajstić information content (AvgIpc) is 2.42. The molecule has 0 aliphatic carbocycles.